The van der Waals surface area contributed by atoms with Crippen LogP contribution in [0.4, 0.5) is 0 Å². The summed E-state index contributed by atoms with van der Waals surface area (Å²) in [6, 6.07) is 0. The molecule has 0 aliphatic heterocycles. The lowest BCUT2D eigenvalue weighted by Gasteiger charge is -1.86. The summed E-state index contributed by atoms with van der Waals surface area (Å²) in [6.45, 7) is 2.90. The van der Waals surface area contributed by atoms with Crippen LogP contribution in [-0.4, -0.2) is 6.54 Å². The van der Waals surface area contributed by atoms with Gasteiger partial charge in [-0.25, -0.2) is 0 Å². The van der Waals surface area contributed by atoms with Gasteiger partial charge >= 0.3 is 0 Å². The third-order valence-corrected chi connectivity index (χ3v) is 1.97. The topological polar surface area (TPSA) is 48.8 Å². The number of hydrogen-bond donors (Lipinski definition) is 0. The molecular weight excluding hydrogens is 114 g/mol. The average molecular weight is 125 g/mol. The Balaban J connectivity index is 2.12. The molecule has 0 heterocycles. The molecule has 1 aliphatic carbocycles. The Labute approximate surface area is 54.7 Å². The normalized spacial score (nSPS) is 31.2. The van der Waals surface area contributed by atoms with Crippen molar-refractivity contribution in [1.82, 2.24) is 0 Å². The summed E-state index contributed by atoms with van der Waals surface area (Å²) in [4.78, 5) is 2.71. The van der Waals surface area contributed by atoms with Crippen molar-refractivity contribution < 1.29 is 0 Å². The zero-order chi connectivity index (χ0) is 6.69. The van der Waals surface area contributed by atoms with Crippen molar-refractivity contribution in [2.75, 3.05) is 6.54 Å². The van der Waals surface area contributed by atoms with Crippen LogP contribution in [0.2, 0.25) is 0 Å². The highest BCUT2D eigenvalue weighted by Gasteiger charge is 2.33. The van der Waals surface area contributed by atoms with Crippen LogP contribution in [0, 0.1) is 11.8 Å². The summed E-state index contributed by atoms with van der Waals surface area (Å²) < 4.78 is 0. The van der Waals surface area contributed by atoms with Gasteiger partial charge in [-0.1, -0.05) is 18.5 Å². The molecule has 2 atom stereocenters. The summed E-state index contributed by atoms with van der Waals surface area (Å²) in [5.74, 6) is 1.57. The van der Waals surface area contributed by atoms with Crippen molar-refractivity contribution in [2.24, 2.45) is 17.0 Å². The maximum atomic E-state index is 7.96. The highest BCUT2D eigenvalue weighted by Crippen LogP contribution is 2.40. The third-order valence-electron chi connectivity index (χ3n) is 1.97. The van der Waals surface area contributed by atoms with Crippen LogP contribution in [0.3, 0.4) is 0 Å². The monoisotopic (exact) mass is 125 g/mol. The Bertz CT molecular complexity index is 137. The van der Waals surface area contributed by atoms with Crippen LogP contribution in [0.25, 0.3) is 10.4 Å². The van der Waals surface area contributed by atoms with Gasteiger partial charge < -0.3 is 0 Å². The zero-order valence-corrected chi connectivity index (χ0v) is 5.62. The molecule has 0 aromatic carbocycles. The van der Waals surface area contributed by atoms with E-state index < -0.39 is 0 Å². The zero-order valence-electron chi connectivity index (χ0n) is 5.62. The van der Waals surface area contributed by atoms with Gasteiger partial charge in [0, 0.05) is 11.5 Å². The number of nitrogens with zero attached hydrogens (tertiary/aromatic N) is 3. The summed E-state index contributed by atoms with van der Waals surface area (Å²) in [6.07, 6.45) is 2.52. The van der Waals surface area contributed by atoms with Crippen LogP contribution < -0.4 is 0 Å². The van der Waals surface area contributed by atoms with E-state index in [-0.39, 0.29) is 0 Å². The fourth-order valence-electron chi connectivity index (χ4n) is 1.18. The molecule has 1 saturated carbocycles. The van der Waals surface area contributed by atoms with E-state index in [9.17, 15) is 0 Å². The smallest absolute Gasteiger partial charge is 0.0289 e. The van der Waals surface area contributed by atoms with E-state index in [1.807, 2.05) is 0 Å². The fourth-order valence-corrected chi connectivity index (χ4v) is 1.18. The van der Waals surface area contributed by atoms with E-state index in [0.717, 1.165) is 12.5 Å². The van der Waals surface area contributed by atoms with E-state index in [0.29, 0.717) is 5.92 Å². The van der Waals surface area contributed by atoms with Crippen LogP contribution in [0.5, 0.6) is 0 Å². The highest BCUT2D eigenvalue weighted by molar-refractivity contribution is 4.86. The van der Waals surface area contributed by atoms with Gasteiger partial charge in [0.05, 0.1) is 0 Å². The second kappa shape index (κ2) is 2.74. The van der Waals surface area contributed by atoms with Crippen LogP contribution in [0.1, 0.15) is 19.8 Å². The minimum absolute atomic E-state index is 0.714. The lowest BCUT2D eigenvalue weighted by atomic mass is 10.2. The summed E-state index contributed by atoms with van der Waals surface area (Å²) in [7, 11) is 0. The van der Waals surface area contributed by atoms with Gasteiger partial charge in [0.2, 0.25) is 0 Å². The van der Waals surface area contributed by atoms with Gasteiger partial charge in [0.15, 0.2) is 0 Å². The molecule has 0 saturated heterocycles. The molecule has 0 aromatic heterocycles. The Hall–Kier alpha value is -0.690. The van der Waals surface area contributed by atoms with E-state index in [4.69, 9.17) is 5.53 Å². The molecule has 50 valence electrons. The Morgan fingerprint density at radius 1 is 1.67 bits per heavy atom. The fraction of sp³-hybridized carbons (Fsp3) is 1.00. The molecule has 0 radical (unpaired) electrons. The highest BCUT2D eigenvalue weighted by atomic mass is 15.1. The number of azide groups is 1. The first-order chi connectivity index (χ1) is 4.38. The molecule has 1 aliphatic rings. The molecule has 9 heavy (non-hydrogen) atoms. The van der Waals surface area contributed by atoms with E-state index in [1.54, 1.807) is 0 Å². The second-order valence-corrected chi connectivity index (χ2v) is 2.58. The van der Waals surface area contributed by atoms with Crippen molar-refractivity contribution in [3.8, 4) is 0 Å². The van der Waals surface area contributed by atoms with Gasteiger partial charge in [-0.05, 0) is 23.8 Å². The third kappa shape index (κ3) is 1.61. The van der Waals surface area contributed by atoms with Gasteiger partial charge in [-0.3, -0.25) is 0 Å². The van der Waals surface area contributed by atoms with Gasteiger partial charge in [-0.15, -0.1) is 0 Å². The van der Waals surface area contributed by atoms with Crippen LogP contribution >= 0.6 is 0 Å². The van der Waals surface area contributed by atoms with Crippen LogP contribution in [-0.2, 0) is 0 Å². The lowest BCUT2D eigenvalue weighted by molar-refractivity contribution is 0.686. The summed E-state index contributed by atoms with van der Waals surface area (Å²) in [5.41, 5.74) is 7.96. The minimum Gasteiger partial charge on any atom is -0.0937 e. The molecule has 1 fully saturated rings. The standard InChI is InChI=1S/C6H11N3/c1-2-5-3-6(5)4-8-9-7/h5-6H,2-4H2,1H3/t5-,6+/m1/s1. The van der Waals surface area contributed by atoms with Crippen molar-refractivity contribution in [3.63, 3.8) is 0 Å². The maximum Gasteiger partial charge on any atom is 0.0289 e. The molecule has 3 heteroatoms. The Morgan fingerprint density at radius 2 is 2.44 bits per heavy atom. The first-order valence-corrected chi connectivity index (χ1v) is 3.39. The average Bonchev–Trinajstić information content (AvgIpc) is 2.62. The van der Waals surface area contributed by atoms with Gasteiger partial charge in [0.25, 0.3) is 0 Å². The van der Waals surface area contributed by atoms with E-state index in [2.05, 4.69) is 16.9 Å². The summed E-state index contributed by atoms with van der Waals surface area (Å²) in [5, 5.41) is 3.51. The molecule has 0 N–H and O–H groups in total. The van der Waals surface area contributed by atoms with E-state index in [1.165, 1.54) is 12.8 Å². The molecule has 0 amide bonds. The first kappa shape index (κ1) is 6.43. The van der Waals surface area contributed by atoms with Crippen LogP contribution in [0.15, 0.2) is 5.11 Å². The molecule has 0 spiro atoms. The lowest BCUT2D eigenvalue weighted by Crippen LogP contribution is -1.83. The molecule has 0 aromatic rings. The molecule has 1 rings (SSSR count). The van der Waals surface area contributed by atoms with Crippen molar-refractivity contribution in [2.45, 2.75) is 19.8 Å². The van der Waals surface area contributed by atoms with E-state index >= 15 is 0 Å². The quantitative estimate of drug-likeness (QED) is 0.316. The largest absolute Gasteiger partial charge is 0.0937 e. The maximum absolute atomic E-state index is 7.96. The SMILES string of the molecule is CC[C@@H]1C[C@H]1CN=[N+]=[N-]. The number of rotatable bonds is 3. The predicted molar refractivity (Wildman–Crippen MR) is 35.9 cm³/mol. The molecule has 3 nitrogen and oxygen atoms in total. The number of hydrogen-bond acceptors (Lipinski definition) is 1. The Kier molecular flexibility index (Phi) is 1.96. The first-order valence-electron chi connectivity index (χ1n) is 3.39. The Morgan fingerprint density at radius 3 is 2.89 bits per heavy atom. The predicted octanol–water partition coefficient (Wildman–Crippen LogP) is 2.34. The minimum atomic E-state index is 0.714. The van der Waals surface area contributed by atoms with Gasteiger partial charge in [-0.2, -0.15) is 0 Å². The molecular formula is C6H11N3. The molecule has 0 unspecified atom stereocenters. The van der Waals surface area contributed by atoms with Gasteiger partial charge in [0.1, 0.15) is 0 Å². The van der Waals surface area contributed by atoms with Crippen molar-refractivity contribution >= 4 is 0 Å². The second-order valence-electron chi connectivity index (χ2n) is 2.58. The van der Waals surface area contributed by atoms with Crippen molar-refractivity contribution in [3.05, 3.63) is 10.4 Å². The molecule has 0 bridgehead atoms. The summed E-state index contributed by atoms with van der Waals surface area (Å²) >= 11 is 0. The van der Waals surface area contributed by atoms with Crippen molar-refractivity contribution in [1.29, 1.82) is 0 Å².